The predicted molar refractivity (Wildman–Crippen MR) is 65.2 cm³/mol. The monoisotopic (exact) mass is 213 g/mol. The lowest BCUT2D eigenvalue weighted by Gasteiger charge is -2.16. The lowest BCUT2D eigenvalue weighted by Crippen LogP contribution is -2.08. The number of hydrogen-bond acceptors (Lipinski definition) is 3. The van der Waals surface area contributed by atoms with Crippen LogP contribution in [-0.2, 0) is 0 Å². The van der Waals surface area contributed by atoms with Gasteiger partial charge in [-0.3, -0.25) is 9.97 Å². The van der Waals surface area contributed by atoms with Crippen LogP contribution >= 0.6 is 0 Å². The van der Waals surface area contributed by atoms with E-state index in [0.29, 0.717) is 0 Å². The summed E-state index contributed by atoms with van der Waals surface area (Å²) >= 11 is 0. The van der Waals surface area contributed by atoms with Gasteiger partial charge in [0.1, 0.15) is 0 Å². The van der Waals surface area contributed by atoms with E-state index in [9.17, 15) is 0 Å². The maximum Gasteiger partial charge on any atom is 0.0603 e. The van der Waals surface area contributed by atoms with Gasteiger partial charge in [-0.2, -0.15) is 0 Å². The van der Waals surface area contributed by atoms with Crippen LogP contribution in [0.15, 0.2) is 42.9 Å². The third-order valence-electron chi connectivity index (χ3n) is 2.59. The molecule has 0 spiro atoms. The van der Waals surface area contributed by atoms with E-state index < -0.39 is 0 Å². The summed E-state index contributed by atoms with van der Waals surface area (Å²) in [6, 6.07) is 8.27. The van der Waals surface area contributed by atoms with E-state index in [2.05, 4.69) is 22.2 Å². The number of pyridine rings is 2. The van der Waals surface area contributed by atoms with Crippen LogP contribution < -0.4 is 5.32 Å². The Labute approximate surface area is 95.6 Å². The SMILES string of the molecule is Cc1ncccc1NC(C)c1ccncc1. The molecule has 0 aliphatic rings. The summed E-state index contributed by atoms with van der Waals surface area (Å²) < 4.78 is 0. The summed E-state index contributed by atoms with van der Waals surface area (Å²) in [6.07, 6.45) is 5.42. The molecule has 0 aliphatic carbocycles. The molecule has 0 amide bonds. The van der Waals surface area contributed by atoms with E-state index in [1.807, 2.05) is 43.6 Å². The number of hydrogen-bond donors (Lipinski definition) is 1. The Kier molecular flexibility index (Phi) is 3.15. The van der Waals surface area contributed by atoms with E-state index >= 15 is 0 Å². The number of nitrogens with zero attached hydrogens (tertiary/aromatic N) is 2. The van der Waals surface area contributed by atoms with Gasteiger partial charge in [-0.15, -0.1) is 0 Å². The molecule has 0 bridgehead atoms. The van der Waals surface area contributed by atoms with Crippen molar-refractivity contribution in [3.8, 4) is 0 Å². The molecular formula is C13H15N3. The van der Waals surface area contributed by atoms with Crippen molar-refractivity contribution in [3.05, 3.63) is 54.1 Å². The average Bonchev–Trinajstić information content (AvgIpc) is 2.33. The maximum atomic E-state index is 4.25. The number of rotatable bonds is 3. The Morgan fingerprint density at radius 3 is 2.56 bits per heavy atom. The molecule has 2 rings (SSSR count). The average molecular weight is 213 g/mol. The van der Waals surface area contributed by atoms with Crippen molar-refractivity contribution in [2.45, 2.75) is 19.9 Å². The Hall–Kier alpha value is -1.90. The van der Waals surface area contributed by atoms with Crippen molar-refractivity contribution in [3.63, 3.8) is 0 Å². The van der Waals surface area contributed by atoms with Crippen LogP contribution in [0, 0.1) is 6.92 Å². The van der Waals surface area contributed by atoms with Crippen LogP contribution in [0.3, 0.4) is 0 Å². The lowest BCUT2D eigenvalue weighted by molar-refractivity contribution is 0.875. The number of aryl methyl sites for hydroxylation is 1. The molecule has 0 aliphatic heterocycles. The van der Waals surface area contributed by atoms with Crippen molar-refractivity contribution < 1.29 is 0 Å². The first kappa shape index (κ1) is 10.6. The molecule has 3 nitrogen and oxygen atoms in total. The van der Waals surface area contributed by atoms with Crippen molar-refractivity contribution >= 4 is 5.69 Å². The van der Waals surface area contributed by atoms with Crippen molar-refractivity contribution in [2.24, 2.45) is 0 Å². The largest absolute Gasteiger partial charge is 0.377 e. The minimum Gasteiger partial charge on any atom is -0.377 e. The fourth-order valence-corrected chi connectivity index (χ4v) is 1.61. The second-order valence-electron chi connectivity index (χ2n) is 3.78. The summed E-state index contributed by atoms with van der Waals surface area (Å²) in [7, 11) is 0. The second kappa shape index (κ2) is 4.75. The zero-order valence-corrected chi connectivity index (χ0v) is 9.51. The van der Waals surface area contributed by atoms with E-state index in [1.165, 1.54) is 5.56 Å². The summed E-state index contributed by atoms with van der Waals surface area (Å²) in [5.41, 5.74) is 3.31. The van der Waals surface area contributed by atoms with Gasteiger partial charge in [0, 0.05) is 24.6 Å². The van der Waals surface area contributed by atoms with Gasteiger partial charge < -0.3 is 5.32 Å². The molecule has 0 radical (unpaired) electrons. The zero-order chi connectivity index (χ0) is 11.4. The molecule has 2 aromatic rings. The van der Waals surface area contributed by atoms with Crippen molar-refractivity contribution in [2.75, 3.05) is 5.32 Å². The molecule has 3 heteroatoms. The van der Waals surface area contributed by atoms with Gasteiger partial charge in [-0.25, -0.2) is 0 Å². The second-order valence-corrected chi connectivity index (χ2v) is 3.78. The lowest BCUT2D eigenvalue weighted by atomic mass is 10.1. The normalized spacial score (nSPS) is 12.1. The first-order valence-electron chi connectivity index (χ1n) is 5.35. The van der Waals surface area contributed by atoms with E-state index in [1.54, 1.807) is 6.20 Å². The van der Waals surface area contributed by atoms with Gasteiger partial charge in [0.2, 0.25) is 0 Å². The molecule has 0 aromatic carbocycles. The molecule has 2 aromatic heterocycles. The first-order chi connectivity index (χ1) is 7.77. The number of aromatic nitrogens is 2. The van der Waals surface area contributed by atoms with Crippen LogP contribution in [0.1, 0.15) is 24.2 Å². The minimum absolute atomic E-state index is 0.255. The maximum absolute atomic E-state index is 4.25. The smallest absolute Gasteiger partial charge is 0.0603 e. The Morgan fingerprint density at radius 2 is 1.88 bits per heavy atom. The van der Waals surface area contributed by atoms with Gasteiger partial charge in [-0.1, -0.05) is 0 Å². The molecule has 1 N–H and O–H groups in total. The fraction of sp³-hybridized carbons (Fsp3) is 0.231. The highest BCUT2D eigenvalue weighted by Crippen LogP contribution is 2.19. The van der Waals surface area contributed by atoms with Gasteiger partial charge >= 0.3 is 0 Å². The summed E-state index contributed by atoms with van der Waals surface area (Å²) in [5, 5.41) is 3.44. The molecule has 82 valence electrons. The minimum atomic E-state index is 0.255. The highest BCUT2D eigenvalue weighted by atomic mass is 14.9. The predicted octanol–water partition coefficient (Wildman–Crippen LogP) is 2.96. The third-order valence-corrected chi connectivity index (χ3v) is 2.59. The number of anilines is 1. The third kappa shape index (κ3) is 2.37. The number of nitrogens with one attached hydrogen (secondary N) is 1. The standard InChI is InChI=1S/C13H15N3/c1-10(12-5-8-14-9-6-12)16-13-4-3-7-15-11(13)2/h3-10,16H,1-2H3. The highest BCUT2D eigenvalue weighted by Gasteiger charge is 2.06. The molecule has 2 heterocycles. The molecule has 1 atom stereocenters. The first-order valence-corrected chi connectivity index (χ1v) is 5.35. The van der Waals surface area contributed by atoms with Gasteiger partial charge in [-0.05, 0) is 43.7 Å². The van der Waals surface area contributed by atoms with Crippen LogP contribution in [0.2, 0.25) is 0 Å². The Morgan fingerprint density at radius 1 is 1.12 bits per heavy atom. The quantitative estimate of drug-likeness (QED) is 0.851. The van der Waals surface area contributed by atoms with E-state index in [-0.39, 0.29) is 6.04 Å². The Bertz CT molecular complexity index is 454. The van der Waals surface area contributed by atoms with Crippen LogP contribution in [0.25, 0.3) is 0 Å². The molecular weight excluding hydrogens is 198 g/mol. The molecule has 0 saturated carbocycles. The van der Waals surface area contributed by atoms with Crippen LogP contribution in [0.4, 0.5) is 5.69 Å². The van der Waals surface area contributed by atoms with E-state index in [4.69, 9.17) is 0 Å². The molecule has 0 fully saturated rings. The molecule has 16 heavy (non-hydrogen) atoms. The summed E-state index contributed by atoms with van der Waals surface area (Å²) in [4.78, 5) is 8.26. The fourth-order valence-electron chi connectivity index (χ4n) is 1.61. The van der Waals surface area contributed by atoms with Crippen LogP contribution in [0.5, 0.6) is 0 Å². The Balaban J connectivity index is 2.14. The zero-order valence-electron chi connectivity index (χ0n) is 9.51. The topological polar surface area (TPSA) is 37.8 Å². The molecule has 0 saturated heterocycles. The van der Waals surface area contributed by atoms with Crippen molar-refractivity contribution in [1.82, 2.24) is 9.97 Å². The van der Waals surface area contributed by atoms with Gasteiger partial charge in [0.15, 0.2) is 0 Å². The van der Waals surface area contributed by atoms with Gasteiger partial charge in [0.25, 0.3) is 0 Å². The van der Waals surface area contributed by atoms with Crippen molar-refractivity contribution in [1.29, 1.82) is 0 Å². The summed E-state index contributed by atoms with van der Waals surface area (Å²) in [6.45, 7) is 4.13. The van der Waals surface area contributed by atoms with Crippen LogP contribution in [-0.4, -0.2) is 9.97 Å². The highest BCUT2D eigenvalue weighted by molar-refractivity contribution is 5.48. The summed E-state index contributed by atoms with van der Waals surface area (Å²) in [5.74, 6) is 0. The van der Waals surface area contributed by atoms with E-state index in [0.717, 1.165) is 11.4 Å². The molecule has 1 unspecified atom stereocenters. The van der Waals surface area contributed by atoms with Gasteiger partial charge in [0.05, 0.1) is 11.4 Å².